The van der Waals surface area contributed by atoms with E-state index in [-0.39, 0.29) is 31.4 Å². The van der Waals surface area contributed by atoms with Gasteiger partial charge in [-0.2, -0.15) is 18.3 Å². The summed E-state index contributed by atoms with van der Waals surface area (Å²) >= 11 is 0. The van der Waals surface area contributed by atoms with Crippen molar-refractivity contribution in [3.05, 3.63) is 88.7 Å². The molecule has 0 aliphatic carbocycles. The van der Waals surface area contributed by atoms with Crippen LogP contribution in [0.2, 0.25) is 0 Å². The number of aromatic nitrogens is 2. The van der Waals surface area contributed by atoms with E-state index in [2.05, 4.69) is 10.4 Å². The van der Waals surface area contributed by atoms with E-state index in [0.717, 1.165) is 35.4 Å². The Hall–Kier alpha value is -3.66. The average molecular weight is 475 g/mol. The van der Waals surface area contributed by atoms with Crippen LogP contribution in [0.4, 0.5) is 13.2 Å². The van der Waals surface area contributed by atoms with Crippen molar-refractivity contribution in [2.45, 2.75) is 31.7 Å². The van der Waals surface area contributed by atoms with E-state index >= 15 is 0 Å². The second-order valence-electron chi connectivity index (χ2n) is 7.61. The van der Waals surface area contributed by atoms with Crippen molar-refractivity contribution in [3.63, 3.8) is 0 Å². The van der Waals surface area contributed by atoms with Crippen molar-refractivity contribution >= 4 is 12.4 Å². The molecule has 2 aromatic carbocycles. The van der Waals surface area contributed by atoms with Gasteiger partial charge in [0.1, 0.15) is 6.10 Å². The third kappa shape index (κ3) is 6.92. The summed E-state index contributed by atoms with van der Waals surface area (Å²) in [5.74, 6) is -0.279. The van der Waals surface area contributed by atoms with Crippen LogP contribution in [-0.2, 0) is 39.9 Å². The van der Waals surface area contributed by atoms with Gasteiger partial charge in [-0.1, -0.05) is 42.5 Å². The van der Waals surface area contributed by atoms with Crippen LogP contribution in [0.15, 0.2) is 60.8 Å². The zero-order valence-corrected chi connectivity index (χ0v) is 18.2. The molecule has 0 radical (unpaired) electrons. The zero-order chi connectivity index (χ0) is 24.6. The molecule has 7 nitrogen and oxygen atoms in total. The van der Waals surface area contributed by atoms with E-state index in [0.29, 0.717) is 18.7 Å². The molecule has 180 valence electrons. The minimum absolute atomic E-state index is 0.000161. The van der Waals surface area contributed by atoms with E-state index in [9.17, 15) is 18.0 Å². The minimum Gasteiger partial charge on any atom is -0.483 e. The molecule has 0 saturated carbocycles. The van der Waals surface area contributed by atoms with Gasteiger partial charge in [0.15, 0.2) is 0 Å². The number of nitrogens with zero attached hydrogens (tertiary/aromatic N) is 2. The lowest BCUT2D eigenvalue weighted by Crippen LogP contribution is -2.32. The van der Waals surface area contributed by atoms with Gasteiger partial charge >= 0.3 is 6.18 Å². The van der Waals surface area contributed by atoms with Gasteiger partial charge in [-0.25, -0.2) is 0 Å². The number of rotatable bonds is 6. The van der Waals surface area contributed by atoms with Crippen LogP contribution in [0.25, 0.3) is 0 Å². The molecule has 2 N–H and O–H groups in total. The van der Waals surface area contributed by atoms with Crippen LogP contribution in [0.1, 0.15) is 34.1 Å². The Bertz CT molecular complexity index is 1080. The Balaban J connectivity index is 0.00000103. The molecule has 1 atom stereocenters. The Labute approximate surface area is 194 Å². The number of carboxylic acid groups (broad SMARTS) is 1. The summed E-state index contributed by atoms with van der Waals surface area (Å²) in [5, 5.41) is 14.4. The number of alkyl halides is 3. The molecular formula is C24H24F3N3O4. The summed E-state index contributed by atoms with van der Waals surface area (Å²) in [5.41, 5.74) is 2.85. The van der Waals surface area contributed by atoms with Crippen molar-refractivity contribution in [2.24, 2.45) is 0 Å². The highest BCUT2D eigenvalue weighted by molar-refractivity contribution is 5.78. The predicted molar refractivity (Wildman–Crippen MR) is 117 cm³/mol. The largest absolute Gasteiger partial charge is 0.483 e. The van der Waals surface area contributed by atoms with E-state index in [4.69, 9.17) is 14.6 Å². The number of amides is 1. The summed E-state index contributed by atoms with van der Waals surface area (Å²) in [6.45, 7) is 1.21. The number of ether oxygens (including phenoxy) is 1. The summed E-state index contributed by atoms with van der Waals surface area (Å²) in [7, 11) is 0. The molecule has 0 saturated heterocycles. The number of benzene rings is 2. The van der Waals surface area contributed by atoms with E-state index in [1.165, 1.54) is 12.1 Å². The van der Waals surface area contributed by atoms with E-state index < -0.39 is 11.7 Å². The number of carbonyl (C=O) groups excluding carboxylic acids is 1. The Morgan fingerprint density at radius 3 is 2.47 bits per heavy atom. The molecule has 1 aromatic heterocycles. The lowest BCUT2D eigenvalue weighted by molar-refractivity contribution is -0.137. The number of hydrogen-bond acceptors (Lipinski definition) is 4. The molecule has 0 fully saturated rings. The van der Waals surface area contributed by atoms with Gasteiger partial charge in [-0.3, -0.25) is 14.3 Å². The number of halogens is 3. The Morgan fingerprint density at radius 2 is 1.82 bits per heavy atom. The molecule has 10 heteroatoms. The lowest BCUT2D eigenvalue weighted by atomic mass is 10.1. The predicted octanol–water partition coefficient (Wildman–Crippen LogP) is 3.62. The fraction of sp³-hybridized carbons (Fsp3) is 0.292. The maximum Gasteiger partial charge on any atom is 0.416 e. The quantitative estimate of drug-likeness (QED) is 0.532. The first-order valence-corrected chi connectivity index (χ1v) is 10.5. The highest BCUT2D eigenvalue weighted by atomic mass is 19.4. The van der Waals surface area contributed by atoms with Crippen molar-refractivity contribution in [1.29, 1.82) is 0 Å². The molecule has 4 rings (SSSR count). The maximum atomic E-state index is 12.7. The molecule has 1 aliphatic rings. The topological polar surface area (TPSA) is 93.5 Å². The second kappa shape index (κ2) is 11.5. The molecule has 1 unspecified atom stereocenters. The number of hydrogen-bond donors (Lipinski definition) is 2. The first kappa shape index (κ1) is 25.0. The standard InChI is InChI=1S/C23H22F3N3O2.CH2O2/c24-23(25,26)19-8-6-16(7-9-19)12-21(30)27-13-20-22-18(10-11-31-20)15-29(28-22)14-17-4-2-1-3-5-17;2-1-3/h1-9,15,20H,10-14H2,(H,27,30);1H,(H,2,3). The number of carbonyl (C=O) groups is 2. The summed E-state index contributed by atoms with van der Waals surface area (Å²) in [6.07, 6.45) is -1.96. The zero-order valence-electron chi connectivity index (χ0n) is 18.2. The van der Waals surface area contributed by atoms with E-state index in [1.54, 1.807) is 0 Å². The van der Waals surface area contributed by atoms with Crippen LogP contribution < -0.4 is 5.32 Å². The van der Waals surface area contributed by atoms with Gasteiger partial charge in [-0.05, 0) is 35.2 Å². The molecule has 2 heterocycles. The van der Waals surface area contributed by atoms with Crippen molar-refractivity contribution < 1.29 is 32.6 Å². The second-order valence-corrected chi connectivity index (χ2v) is 7.61. The van der Waals surface area contributed by atoms with E-state index in [1.807, 2.05) is 41.2 Å². The molecule has 0 bridgehead atoms. The molecule has 1 amide bonds. The van der Waals surface area contributed by atoms with Crippen LogP contribution >= 0.6 is 0 Å². The summed E-state index contributed by atoms with van der Waals surface area (Å²) < 4.78 is 45.6. The summed E-state index contributed by atoms with van der Waals surface area (Å²) in [6, 6.07) is 14.6. The van der Waals surface area contributed by atoms with Crippen LogP contribution in [0.3, 0.4) is 0 Å². The SMILES string of the molecule is O=C(Cc1ccc(C(F)(F)F)cc1)NCC1OCCc2cn(Cc3ccccc3)nc21.O=CO. The first-order chi connectivity index (χ1) is 16.3. The van der Waals surface area contributed by atoms with Crippen molar-refractivity contribution in [3.8, 4) is 0 Å². The van der Waals surface area contributed by atoms with Gasteiger partial charge in [0.25, 0.3) is 6.47 Å². The Kier molecular flexibility index (Phi) is 8.42. The monoisotopic (exact) mass is 475 g/mol. The van der Waals surface area contributed by atoms with Crippen LogP contribution in [0.5, 0.6) is 0 Å². The fourth-order valence-electron chi connectivity index (χ4n) is 3.60. The van der Waals surface area contributed by atoms with Crippen molar-refractivity contribution in [2.75, 3.05) is 13.2 Å². The normalized spacial score (nSPS) is 15.0. The fourth-order valence-corrected chi connectivity index (χ4v) is 3.60. The first-order valence-electron chi connectivity index (χ1n) is 10.5. The highest BCUT2D eigenvalue weighted by Gasteiger charge is 2.30. The number of nitrogens with one attached hydrogen (secondary N) is 1. The third-order valence-corrected chi connectivity index (χ3v) is 5.18. The lowest BCUT2D eigenvalue weighted by Gasteiger charge is -2.22. The minimum atomic E-state index is -4.39. The van der Waals surface area contributed by atoms with Gasteiger partial charge in [0.05, 0.1) is 30.8 Å². The van der Waals surface area contributed by atoms with Gasteiger partial charge in [-0.15, -0.1) is 0 Å². The third-order valence-electron chi connectivity index (χ3n) is 5.18. The molecule has 1 aliphatic heterocycles. The smallest absolute Gasteiger partial charge is 0.416 e. The molecular weight excluding hydrogens is 451 g/mol. The average Bonchev–Trinajstić information content (AvgIpc) is 3.21. The molecule has 34 heavy (non-hydrogen) atoms. The molecule has 0 spiro atoms. The highest BCUT2D eigenvalue weighted by Crippen LogP contribution is 2.29. The molecule has 3 aromatic rings. The van der Waals surface area contributed by atoms with Crippen LogP contribution in [-0.4, -0.2) is 40.4 Å². The van der Waals surface area contributed by atoms with Gasteiger partial charge in [0, 0.05) is 12.7 Å². The van der Waals surface area contributed by atoms with Crippen molar-refractivity contribution in [1.82, 2.24) is 15.1 Å². The van der Waals surface area contributed by atoms with Gasteiger partial charge < -0.3 is 15.2 Å². The van der Waals surface area contributed by atoms with Crippen LogP contribution in [0, 0.1) is 0 Å². The maximum absolute atomic E-state index is 12.7. The number of fused-ring (bicyclic) bond motifs is 1. The summed E-state index contributed by atoms with van der Waals surface area (Å²) in [4.78, 5) is 20.6. The van der Waals surface area contributed by atoms with Gasteiger partial charge in [0.2, 0.25) is 5.91 Å². The Morgan fingerprint density at radius 1 is 1.15 bits per heavy atom.